The number of rotatable bonds is 4. The van der Waals surface area contributed by atoms with Gasteiger partial charge in [-0.3, -0.25) is 4.78 Å². The maximum Gasteiger partial charge on any atom is 0.288 e. The molecular weight excluding hydrogens is 304 g/mol. The highest BCUT2D eigenvalue weighted by molar-refractivity contribution is 8.03. The SMILES string of the molecule is CCS(=N)(=NS(=O)(=O)c1ccc(C)cc1)c1ccccc1. The molecule has 1 atom stereocenters. The van der Waals surface area contributed by atoms with E-state index in [1.54, 1.807) is 43.3 Å². The number of nitrogens with zero attached hydrogens (tertiary/aromatic N) is 1. The molecule has 0 amide bonds. The van der Waals surface area contributed by atoms with Gasteiger partial charge in [-0.15, -0.1) is 3.77 Å². The molecular formula is C15H18N2O2S2. The van der Waals surface area contributed by atoms with Crippen molar-refractivity contribution in [1.29, 1.82) is 4.78 Å². The Balaban J connectivity index is 2.59. The lowest BCUT2D eigenvalue weighted by Gasteiger charge is -2.11. The molecule has 0 spiro atoms. The highest BCUT2D eigenvalue weighted by Gasteiger charge is 2.16. The Morgan fingerprint density at radius 1 is 0.952 bits per heavy atom. The molecule has 112 valence electrons. The summed E-state index contributed by atoms with van der Waals surface area (Å²) in [6.07, 6.45) is 0. The first-order valence-electron chi connectivity index (χ1n) is 6.54. The van der Waals surface area contributed by atoms with Crippen molar-refractivity contribution < 1.29 is 8.42 Å². The third kappa shape index (κ3) is 3.51. The fraction of sp³-hybridized carbons (Fsp3) is 0.200. The molecule has 0 fully saturated rings. The van der Waals surface area contributed by atoms with E-state index in [-0.39, 0.29) is 4.90 Å². The van der Waals surface area contributed by atoms with Crippen LogP contribution < -0.4 is 0 Å². The van der Waals surface area contributed by atoms with Gasteiger partial charge < -0.3 is 0 Å². The Kier molecular flexibility index (Phi) is 4.49. The van der Waals surface area contributed by atoms with Crippen LogP contribution in [0.15, 0.2) is 68.2 Å². The van der Waals surface area contributed by atoms with Crippen molar-refractivity contribution in [2.24, 2.45) is 3.77 Å². The number of nitrogens with one attached hydrogen (secondary N) is 1. The molecule has 0 aromatic heterocycles. The maximum atomic E-state index is 12.4. The van der Waals surface area contributed by atoms with Crippen LogP contribution in [0.25, 0.3) is 0 Å². The summed E-state index contributed by atoms with van der Waals surface area (Å²) in [5.41, 5.74) is 0.983. The summed E-state index contributed by atoms with van der Waals surface area (Å²) in [6.45, 7) is 3.69. The molecule has 21 heavy (non-hydrogen) atoms. The molecule has 6 heteroatoms. The first kappa shape index (κ1) is 15.7. The Morgan fingerprint density at radius 2 is 1.52 bits per heavy atom. The van der Waals surface area contributed by atoms with Crippen molar-refractivity contribution in [3.05, 3.63) is 60.2 Å². The van der Waals surface area contributed by atoms with Crippen LogP contribution in [0.2, 0.25) is 0 Å². The second-order valence-electron chi connectivity index (χ2n) is 4.67. The average Bonchev–Trinajstić information content (AvgIpc) is 2.48. The average molecular weight is 322 g/mol. The Labute approximate surface area is 126 Å². The molecule has 2 rings (SSSR count). The summed E-state index contributed by atoms with van der Waals surface area (Å²) in [5.74, 6) is 0.363. The maximum absolute atomic E-state index is 12.4. The molecule has 0 aliphatic heterocycles. The monoisotopic (exact) mass is 322 g/mol. The van der Waals surface area contributed by atoms with Crippen LogP contribution in [0.4, 0.5) is 0 Å². The van der Waals surface area contributed by atoms with Gasteiger partial charge in [0, 0.05) is 10.6 Å². The summed E-state index contributed by atoms with van der Waals surface area (Å²) in [4.78, 5) is 0.796. The number of hydrogen-bond donors (Lipinski definition) is 1. The quantitative estimate of drug-likeness (QED) is 0.928. The summed E-state index contributed by atoms with van der Waals surface area (Å²) < 4.78 is 37.3. The van der Waals surface area contributed by atoms with E-state index in [4.69, 9.17) is 4.78 Å². The normalized spacial score (nSPS) is 14.4. The standard InChI is InChI=1S/C15H18N2O2S2/c1-3-20(16,14-7-5-4-6-8-14)17-21(18,19)15-11-9-13(2)10-12-15/h4-12,16H,3H2,1-2H3. The Bertz CT molecular complexity index is 833. The molecule has 1 unspecified atom stereocenters. The lowest BCUT2D eigenvalue weighted by atomic mass is 10.2. The zero-order valence-electron chi connectivity index (χ0n) is 12.0. The van der Waals surface area contributed by atoms with Crippen LogP contribution in [0.5, 0.6) is 0 Å². The molecule has 0 saturated carbocycles. The molecule has 0 aliphatic rings. The van der Waals surface area contributed by atoms with E-state index in [0.717, 1.165) is 5.56 Å². The predicted molar refractivity (Wildman–Crippen MR) is 86.1 cm³/mol. The molecule has 0 saturated heterocycles. The van der Waals surface area contributed by atoms with Crippen LogP contribution in [0, 0.1) is 11.7 Å². The van der Waals surface area contributed by atoms with E-state index in [2.05, 4.69) is 3.77 Å². The van der Waals surface area contributed by atoms with Crippen LogP contribution >= 0.6 is 0 Å². The lowest BCUT2D eigenvalue weighted by molar-refractivity contribution is 0.598. The Morgan fingerprint density at radius 3 is 2.05 bits per heavy atom. The van der Waals surface area contributed by atoms with Crippen molar-refractivity contribution in [2.45, 2.75) is 23.6 Å². The molecule has 4 nitrogen and oxygen atoms in total. The predicted octanol–water partition coefficient (Wildman–Crippen LogP) is 3.86. The first-order valence-corrected chi connectivity index (χ1v) is 9.74. The Hall–Kier alpha value is -1.66. The highest BCUT2D eigenvalue weighted by atomic mass is 32.3. The van der Waals surface area contributed by atoms with E-state index < -0.39 is 19.6 Å². The van der Waals surface area contributed by atoms with E-state index in [1.165, 1.54) is 12.1 Å². The minimum absolute atomic E-state index is 0.140. The first-order chi connectivity index (χ1) is 9.87. The summed E-state index contributed by atoms with van der Waals surface area (Å²) in [5, 5.41) is 0. The number of aryl methyl sites for hydroxylation is 1. The van der Waals surface area contributed by atoms with Gasteiger partial charge in [-0.1, -0.05) is 42.8 Å². The fourth-order valence-corrected chi connectivity index (χ4v) is 5.70. The number of hydrogen-bond acceptors (Lipinski definition) is 3. The summed E-state index contributed by atoms with van der Waals surface area (Å²) >= 11 is 0. The van der Waals surface area contributed by atoms with Gasteiger partial charge in [-0.05, 0) is 40.8 Å². The molecule has 2 aromatic carbocycles. The van der Waals surface area contributed by atoms with Gasteiger partial charge in [0.25, 0.3) is 10.0 Å². The van der Waals surface area contributed by atoms with E-state index >= 15 is 0 Å². The van der Waals surface area contributed by atoms with Gasteiger partial charge in [-0.2, -0.15) is 8.42 Å². The van der Waals surface area contributed by atoms with Gasteiger partial charge in [0.1, 0.15) is 0 Å². The largest absolute Gasteiger partial charge is 0.288 e. The van der Waals surface area contributed by atoms with E-state index in [1.807, 2.05) is 13.0 Å². The van der Waals surface area contributed by atoms with Gasteiger partial charge in [-0.25, -0.2) is 0 Å². The minimum Gasteiger partial charge on any atom is -0.265 e. The van der Waals surface area contributed by atoms with Crippen LogP contribution in [-0.4, -0.2) is 14.2 Å². The van der Waals surface area contributed by atoms with Crippen molar-refractivity contribution in [3.8, 4) is 0 Å². The minimum atomic E-state index is -3.82. The van der Waals surface area contributed by atoms with Crippen molar-refractivity contribution >= 4 is 19.6 Å². The molecule has 0 heterocycles. The third-order valence-corrected chi connectivity index (χ3v) is 7.65. The molecule has 1 N–H and O–H groups in total. The van der Waals surface area contributed by atoms with Crippen LogP contribution in [0.3, 0.4) is 0 Å². The zero-order valence-corrected chi connectivity index (χ0v) is 13.6. The number of benzene rings is 2. The third-order valence-electron chi connectivity index (χ3n) is 3.10. The van der Waals surface area contributed by atoms with Crippen molar-refractivity contribution in [2.75, 3.05) is 5.75 Å². The van der Waals surface area contributed by atoms with Crippen LogP contribution in [-0.2, 0) is 19.6 Å². The molecule has 0 radical (unpaired) electrons. The molecule has 0 aliphatic carbocycles. The van der Waals surface area contributed by atoms with Gasteiger partial charge in [0.05, 0.1) is 4.90 Å². The van der Waals surface area contributed by atoms with E-state index in [0.29, 0.717) is 10.6 Å². The van der Waals surface area contributed by atoms with Crippen molar-refractivity contribution in [3.63, 3.8) is 0 Å². The van der Waals surface area contributed by atoms with Gasteiger partial charge in [0.15, 0.2) is 0 Å². The molecule has 2 aromatic rings. The molecule has 0 bridgehead atoms. The zero-order chi connectivity index (χ0) is 15.5. The van der Waals surface area contributed by atoms with Gasteiger partial charge in [0.2, 0.25) is 0 Å². The highest BCUT2D eigenvalue weighted by Crippen LogP contribution is 2.21. The second-order valence-corrected chi connectivity index (χ2v) is 9.14. The van der Waals surface area contributed by atoms with Crippen molar-refractivity contribution in [1.82, 2.24) is 0 Å². The van der Waals surface area contributed by atoms with Gasteiger partial charge >= 0.3 is 0 Å². The smallest absolute Gasteiger partial charge is 0.265 e. The second kappa shape index (κ2) is 5.99. The topological polar surface area (TPSA) is 70.3 Å². The fourth-order valence-electron chi connectivity index (χ4n) is 1.83. The summed E-state index contributed by atoms with van der Waals surface area (Å²) in [7, 11) is -6.30. The van der Waals surface area contributed by atoms with E-state index in [9.17, 15) is 8.42 Å². The lowest BCUT2D eigenvalue weighted by Crippen LogP contribution is -2.07. The summed E-state index contributed by atoms with van der Waals surface area (Å²) in [6, 6.07) is 15.5. The number of sulfonamides is 1. The van der Waals surface area contributed by atoms with Crippen LogP contribution in [0.1, 0.15) is 12.5 Å².